The lowest BCUT2D eigenvalue weighted by atomic mass is 10.1. The minimum atomic E-state index is -0.350. The summed E-state index contributed by atoms with van der Waals surface area (Å²) in [6.07, 6.45) is 2.41. The number of rotatable bonds is 4. The predicted molar refractivity (Wildman–Crippen MR) is 98.8 cm³/mol. The van der Waals surface area contributed by atoms with Crippen LogP contribution in [-0.2, 0) is 30.7 Å². The van der Waals surface area contributed by atoms with Crippen molar-refractivity contribution in [2.75, 3.05) is 0 Å². The highest BCUT2D eigenvalue weighted by Crippen LogP contribution is 2.31. The third kappa shape index (κ3) is 3.31. The van der Waals surface area contributed by atoms with E-state index >= 15 is 0 Å². The molecule has 4 rings (SSSR count). The van der Waals surface area contributed by atoms with Crippen molar-refractivity contribution in [2.24, 2.45) is 5.92 Å². The highest BCUT2D eigenvalue weighted by molar-refractivity contribution is 5.80. The summed E-state index contributed by atoms with van der Waals surface area (Å²) in [6.45, 7) is 5.20. The summed E-state index contributed by atoms with van der Waals surface area (Å²) in [6, 6.07) is 6.42. The number of nitrogens with zero attached hydrogens (tertiary/aromatic N) is 4. The van der Waals surface area contributed by atoms with E-state index in [1.807, 2.05) is 4.90 Å². The molecule has 2 atom stereocenters. The van der Waals surface area contributed by atoms with Crippen molar-refractivity contribution < 1.29 is 9.18 Å². The van der Waals surface area contributed by atoms with Gasteiger partial charge in [-0.05, 0) is 30.4 Å². The Morgan fingerprint density at radius 1 is 1.26 bits per heavy atom. The average molecular weight is 372 g/mol. The van der Waals surface area contributed by atoms with Gasteiger partial charge in [-0.2, -0.15) is 5.10 Å². The summed E-state index contributed by atoms with van der Waals surface area (Å²) in [5.74, 6) is 0.687. The fraction of sp³-hybridized carbons (Fsp3) is 0.550. The highest BCUT2D eigenvalue weighted by atomic mass is 19.1. The minimum Gasteiger partial charge on any atom is -0.334 e. The Balaban J connectivity index is 1.57. The molecule has 1 fully saturated rings. The van der Waals surface area contributed by atoms with E-state index in [2.05, 4.69) is 18.9 Å². The van der Waals surface area contributed by atoms with Gasteiger partial charge in [0, 0.05) is 25.6 Å². The molecule has 3 heterocycles. The molecule has 1 aromatic carbocycles. The first-order valence-corrected chi connectivity index (χ1v) is 9.65. The van der Waals surface area contributed by atoms with Gasteiger partial charge in [0.25, 0.3) is 0 Å². The van der Waals surface area contributed by atoms with Crippen LogP contribution < -0.4 is 5.69 Å². The number of carbonyl (C=O) groups is 1. The van der Waals surface area contributed by atoms with E-state index in [1.165, 1.54) is 6.07 Å². The zero-order valence-corrected chi connectivity index (χ0v) is 15.8. The van der Waals surface area contributed by atoms with Crippen LogP contribution in [0.25, 0.3) is 0 Å². The van der Waals surface area contributed by atoms with Gasteiger partial charge in [0.05, 0.1) is 12.5 Å². The van der Waals surface area contributed by atoms with Crippen LogP contribution >= 0.6 is 0 Å². The van der Waals surface area contributed by atoms with Gasteiger partial charge >= 0.3 is 5.69 Å². The van der Waals surface area contributed by atoms with Crippen molar-refractivity contribution in [1.82, 2.24) is 19.2 Å². The van der Waals surface area contributed by atoms with E-state index in [0.29, 0.717) is 31.0 Å². The number of amides is 1. The number of carbonyl (C=O) groups excluding carboxylic acids is 1. The summed E-state index contributed by atoms with van der Waals surface area (Å²) in [5.41, 5.74) is 0.330. The van der Waals surface area contributed by atoms with Crippen LogP contribution in [0.2, 0.25) is 0 Å². The molecule has 2 bridgehead atoms. The Labute approximate surface area is 157 Å². The first-order chi connectivity index (χ1) is 12.9. The molecule has 0 N–H and O–H groups in total. The maximum Gasteiger partial charge on any atom is 0.345 e. The standard InChI is InChI=1S/C20H25FN4O2/c1-13(2)11-24-20(27)23-12-16-8-7-15(10-18(23)22-24)25(16)19(26)9-14-5-3-4-6-17(14)21/h3-6,13,15-16H,7-12H2,1-2H3. The fourth-order valence-corrected chi connectivity index (χ4v) is 4.35. The van der Waals surface area contributed by atoms with Crippen LogP contribution in [0.15, 0.2) is 29.1 Å². The maximum absolute atomic E-state index is 13.9. The van der Waals surface area contributed by atoms with E-state index in [0.717, 1.165) is 18.7 Å². The maximum atomic E-state index is 13.9. The summed E-state index contributed by atoms with van der Waals surface area (Å²) in [4.78, 5) is 27.5. The van der Waals surface area contributed by atoms with Gasteiger partial charge in [-0.1, -0.05) is 32.0 Å². The SMILES string of the molecule is CC(C)Cn1nc2n(c1=O)CC1CCC(C2)N1C(=O)Cc1ccccc1F. The molecule has 27 heavy (non-hydrogen) atoms. The van der Waals surface area contributed by atoms with Gasteiger partial charge in [-0.25, -0.2) is 13.9 Å². The molecule has 0 aliphatic carbocycles. The van der Waals surface area contributed by atoms with Crippen molar-refractivity contribution >= 4 is 5.91 Å². The smallest absolute Gasteiger partial charge is 0.334 e. The molecule has 2 unspecified atom stereocenters. The summed E-state index contributed by atoms with van der Waals surface area (Å²) >= 11 is 0. The van der Waals surface area contributed by atoms with Crippen LogP contribution in [0.5, 0.6) is 0 Å². The van der Waals surface area contributed by atoms with E-state index < -0.39 is 0 Å². The largest absolute Gasteiger partial charge is 0.345 e. The van der Waals surface area contributed by atoms with Crippen molar-refractivity contribution in [3.63, 3.8) is 0 Å². The summed E-state index contributed by atoms with van der Waals surface area (Å²) < 4.78 is 17.2. The molecule has 2 aliphatic rings. The van der Waals surface area contributed by atoms with Crippen molar-refractivity contribution in [3.8, 4) is 0 Å². The lowest BCUT2D eigenvalue weighted by molar-refractivity contribution is -0.133. The Morgan fingerprint density at radius 3 is 2.74 bits per heavy atom. The molecule has 6 nitrogen and oxygen atoms in total. The number of fused-ring (bicyclic) bond motifs is 3. The molecule has 144 valence electrons. The molecule has 1 saturated heterocycles. The van der Waals surface area contributed by atoms with Gasteiger partial charge in [0.1, 0.15) is 11.6 Å². The summed E-state index contributed by atoms with van der Waals surface area (Å²) in [5, 5.41) is 4.53. The number of benzene rings is 1. The van der Waals surface area contributed by atoms with Crippen molar-refractivity contribution in [2.45, 2.75) is 64.7 Å². The van der Waals surface area contributed by atoms with Gasteiger partial charge in [-0.15, -0.1) is 0 Å². The number of hydrogen-bond donors (Lipinski definition) is 0. The van der Waals surface area contributed by atoms with Crippen LogP contribution in [0.4, 0.5) is 4.39 Å². The third-order valence-electron chi connectivity index (χ3n) is 5.56. The average Bonchev–Trinajstić information content (AvgIpc) is 3.06. The van der Waals surface area contributed by atoms with Crippen molar-refractivity contribution in [3.05, 3.63) is 52.0 Å². The third-order valence-corrected chi connectivity index (χ3v) is 5.56. The molecule has 2 aliphatic heterocycles. The van der Waals surface area contributed by atoms with E-state index in [1.54, 1.807) is 27.4 Å². The van der Waals surface area contributed by atoms with Gasteiger partial charge in [-0.3, -0.25) is 9.36 Å². The number of aromatic nitrogens is 3. The molecule has 1 amide bonds. The summed E-state index contributed by atoms with van der Waals surface area (Å²) in [7, 11) is 0. The molecule has 1 aromatic heterocycles. The molecular formula is C20H25FN4O2. The first-order valence-electron chi connectivity index (χ1n) is 9.65. The molecule has 0 spiro atoms. The lowest BCUT2D eigenvalue weighted by Crippen LogP contribution is -2.43. The van der Waals surface area contributed by atoms with E-state index in [-0.39, 0.29) is 35.9 Å². The van der Waals surface area contributed by atoms with E-state index in [4.69, 9.17) is 0 Å². The predicted octanol–water partition coefficient (Wildman–Crippen LogP) is 2.00. The molecule has 2 aromatic rings. The second-order valence-corrected chi connectivity index (χ2v) is 8.04. The first kappa shape index (κ1) is 17.9. The van der Waals surface area contributed by atoms with Crippen LogP contribution in [-0.4, -0.2) is 37.2 Å². The number of halogens is 1. The van der Waals surface area contributed by atoms with Crippen LogP contribution in [0.1, 0.15) is 38.1 Å². The Kier molecular flexibility index (Phi) is 4.61. The normalized spacial score (nSPS) is 21.4. The van der Waals surface area contributed by atoms with Crippen molar-refractivity contribution in [1.29, 1.82) is 0 Å². The second kappa shape index (κ2) is 6.94. The Hall–Kier alpha value is -2.44. The molecule has 7 heteroatoms. The van der Waals surface area contributed by atoms with Gasteiger partial charge in [0.2, 0.25) is 5.91 Å². The topological polar surface area (TPSA) is 60.1 Å². The van der Waals surface area contributed by atoms with Gasteiger partial charge < -0.3 is 4.90 Å². The quantitative estimate of drug-likeness (QED) is 0.825. The monoisotopic (exact) mass is 372 g/mol. The second-order valence-electron chi connectivity index (χ2n) is 8.04. The zero-order chi connectivity index (χ0) is 19.1. The minimum absolute atomic E-state index is 0.0232. The lowest BCUT2D eigenvalue weighted by Gasteiger charge is -2.28. The van der Waals surface area contributed by atoms with Crippen LogP contribution in [0.3, 0.4) is 0 Å². The zero-order valence-electron chi connectivity index (χ0n) is 15.8. The number of hydrogen-bond acceptors (Lipinski definition) is 3. The highest BCUT2D eigenvalue weighted by Gasteiger charge is 2.41. The fourth-order valence-electron chi connectivity index (χ4n) is 4.35. The molecule has 0 radical (unpaired) electrons. The Bertz CT molecular complexity index is 917. The molecule has 0 saturated carbocycles. The van der Waals surface area contributed by atoms with E-state index in [9.17, 15) is 14.0 Å². The molecular weight excluding hydrogens is 347 g/mol. The Morgan fingerprint density at radius 2 is 2.00 bits per heavy atom. The van der Waals surface area contributed by atoms with Crippen LogP contribution in [0, 0.1) is 11.7 Å². The van der Waals surface area contributed by atoms with Gasteiger partial charge in [0.15, 0.2) is 0 Å².